The van der Waals surface area contributed by atoms with Crippen LogP contribution in [0.5, 0.6) is 5.75 Å². The molecule has 14 heavy (non-hydrogen) atoms. The highest BCUT2D eigenvalue weighted by atomic mass is 16.5. The van der Waals surface area contributed by atoms with Crippen molar-refractivity contribution < 1.29 is 4.74 Å². The van der Waals surface area contributed by atoms with E-state index < -0.39 is 0 Å². The predicted molar refractivity (Wildman–Crippen MR) is 60.7 cm³/mol. The number of methoxy groups -OCH3 is 1. The first-order valence-corrected chi connectivity index (χ1v) is 4.75. The van der Waals surface area contributed by atoms with Crippen LogP contribution in [0, 0.1) is 0 Å². The Morgan fingerprint density at radius 3 is 2.86 bits per heavy atom. The van der Waals surface area contributed by atoms with Crippen molar-refractivity contribution in [2.45, 2.75) is 6.42 Å². The van der Waals surface area contributed by atoms with Crippen LogP contribution in [-0.4, -0.2) is 20.7 Å². The van der Waals surface area contributed by atoms with Crippen LogP contribution < -0.4 is 10.1 Å². The van der Waals surface area contributed by atoms with Crippen LogP contribution in [0.4, 0.5) is 0 Å². The van der Waals surface area contributed by atoms with Crippen LogP contribution in [0.15, 0.2) is 24.8 Å². The summed E-state index contributed by atoms with van der Waals surface area (Å²) in [4.78, 5) is 0. The monoisotopic (exact) mass is 191 g/mol. The van der Waals surface area contributed by atoms with Crippen LogP contribution in [0.25, 0.3) is 6.08 Å². The molecule has 2 heteroatoms. The maximum absolute atomic E-state index is 5.27. The minimum Gasteiger partial charge on any atom is -0.496 e. The zero-order valence-electron chi connectivity index (χ0n) is 8.84. The lowest BCUT2D eigenvalue weighted by molar-refractivity contribution is 0.413. The Labute approximate surface area is 85.6 Å². The first-order chi connectivity index (χ1) is 6.81. The molecule has 0 saturated carbocycles. The van der Waals surface area contributed by atoms with Crippen molar-refractivity contribution in [3.05, 3.63) is 35.9 Å². The van der Waals surface area contributed by atoms with Crippen LogP contribution in [0.3, 0.4) is 0 Å². The molecule has 0 aliphatic rings. The fourth-order valence-electron chi connectivity index (χ4n) is 1.35. The predicted octanol–water partition coefficient (Wildman–Crippen LogP) is 2.10. The van der Waals surface area contributed by atoms with Crippen molar-refractivity contribution in [1.82, 2.24) is 5.32 Å². The first kappa shape index (κ1) is 10.8. The number of hydrogen-bond acceptors (Lipinski definition) is 2. The molecule has 0 spiro atoms. The Kier molecular flexibility index (Phi) is 4.20. The Bertz CT molecular complexity index is 307. The molecule has 0 bridgehead atoms. The van der Waals surface area contributed by atoms with Gasteiger partial charge in [0, 0.05) is 5.56 Å². The number of likely N-dealkylation sites (N-methyl/N-ethyl adjacent to an activating group) is 1. The molecular formula is C12H17NO. The first-order valence-electron chi connectivity index (χ1n) is 4.75. The standard InChI is InChI=1S/C12H17NO/c1-4-11-6-5-10(7-8-13-2)9-12(11)14-3/h4-6,9,13H,1,7-8H2,2-3H3. The molecule has 0 fully saturated rings. The summed E-state index contributed by atoms with van der Waals surface area (Å²) in [5.74, 6) is 0.897. The van der Waals surface area contributed by atoms with Gasteiger partial charge in [0.2, 0.25) is 0 Å². The van der Waals surface area contributed by atoms with Gasteiger partial charge >= 0.3 is 0 Å². The van der Waals surface area contributed by atoms with Gasteiger partial charge in [-0.15, -0.1) is 0 Å². The lowest BCUT2D eigenvalue weighted by atomic mass is 10.1. The summed E-state index contributed by atoms with van der Waals surface area (Å²) in [6, 6.07) is 6.21. The SMILES string of the molecule is C=Cc1ccc(CCNC)cc1OC. The molecule has 2 nitrogen and oxygen atoms in total. The van der Waals surface area contributed by atoms with Gasteiger partial charge in [-0.25, -0.2) is 0 Å². The zero-order valence-corrected chi connectivity index (χ0v) is 8.84. The highest BCUT2D eigenvalue weighted by molar-refractivity contribution is 5.56. The van der Waals surface area contributed by atoms with Crippen molar-refractivity contribution in [3.8, 4) is 5.75 Å². The van der Waals surface area contributed by atoms with Crippen molar-refractivity contribution in [2.75, 3.05) is 20.7 Å². The Morgan fingerprint density at radius 1 is 1.50 bits per heavy atom. The van der Waals surface area contributed by atoms with Gasteiger partial charge in [0.15, 0.2) is 0 Å². The van der Waals surface area contributed by atoms with Gasteiger partial charge in [0.25, 0.3) is 0 Å². The smallest absolute Gasteiger partial charge is 0.126 e. The van der Waals surface area contributed by atoms with Crippen molar-refractivity contribution in [1.29, 1.82) is 0 Å². The maximum Gasteiger partial charge on any atom is 0.126 e. The molecule has 0 radical (unpaired) electrons. The third kappa shape index (κ3) is 2.60. The Hall–Kier alpha value is -1.28. The van der Waals surface area contributed by atoms with E-state index in [1.165, 1.54) is 5.56 Å². The molecule has 0 aliphatic heterocycles. The molecule has 0 aromatic heterocycles. The third-order valence-electron chi connectivity index (χ3n) is 2.18. The minimum absolute atomic E-state index is 0.897. The number of hydrogen-bond donors (Lipinski definition) is 1. The normalized spacial score (nSPS) is 9.86. The molecule has 76 valence electrons. The van der Waals surface area contributed by atoms with E-state index in [1.54, 1.807) is 13.2 Å². The Balaban J connectivity index is 2.84. The van der Waals surface area contributed by atoms with Crippen LogP contribution >= 0.6 is 0 Å². The molecule has 0 saturated heterocycles. The topological polar surface area (TPSA) is 21.3 Å². The van der Waals surface area contributed by atoms with Gasteiger partial charge in [-0.3, -0.25) is 0 Å². The van der Waals surface area contributed by atoms with Gasteiger partial charge in [0.05, 0.1) is 7.11 Å². The molecule has 0 amide bonds. The molecule has 1 aromatic carbocycles. The summed E-state index contributed by atoms with van der Waals surface area (Å²) < 4.78 is 5.27. The van der Waals surface area contributed by atoms with E-state index in [2.05, 4.69) is 24.0 Å². The van der Waals surface area contributed by atoms with Gasteiger partial charge in [-0.05, 0) is 31.6 Å². The summed E-state index contributed by atoms with van der Waals surface area (Å²) in [6.45, 7) is 4.72. The van der Waals surface area contributed by atoms with E-state index in [1.807, 2.05) is 13.1 Å². The highest BCUT2D eigenvalue weighted by Crippen LogP contribution is 2.21. The summed E-state index contributed by atoms with van der Waals surface area (Å²) >= 11 is 0. The minimum atomic E-state index is 0.897. The van der Waals surface area contributed by atoms with E-state index in [0.717, 1.165) is 24.3 Å². The van der Waals surface area contributed by atoms with Crippen molar-refractivity contribution >= 4 is 6.08 Å². The number of benzene rings is 1. The summed E-state index contributed by atoms with van der Waals surface area (Å²) in [5, 5.41) is 3.12. The zero-order chi connectivity index (χ0) is 10.4. The van der Waals surface area contributed by atoms with Gasteiger partial charge < -0.3 is 10.1 Å². The molecular weight excluding hydrogens is 174 g/mol. The second-order valence-corrected chi connectivity index (χ2v) is 3.13. The van der Waals surface area contributed by atoms with E-state index >= 15 is 0 Å². The molecule has 1 rings (SSSR count). The quantitative estimate of drug-likeness (QED) is 0.769. The van der Waals surface area contributed by atoms with Crippen LogP contribution in [0.1, 0.15) is 11.1 Å². The molecule has 0 heterocycles. The van der Waals surface area contributed by atoms with Gasteiger partial charge in [0.1, 0.15) is 5.75 Å². The van der Waals surface area contributed by atoms with Crippen molar-refractivity contribution in [2.24, 2.45) is 0 Å². The lowest BCUT2D eigenvalue weighted by Gasteiger charge is -2.07. The molecule has 0 unspecified atom stereocenters. The average molecular weight is 191 g/mol. The summed E-state index contributed by atoms with van der Waals surface area (Å²) in [7, 11) is 3.64. The highest BCUT2D eigenvalue weighted by Gasteiger charge is 2.00. The second-order valence-electron chi connectivity index (χ2n) is 3.13. The van der Waals surface area contributed by atoms with Gasteiger partial charge in [-0.2, -0.15) is 0 Å². The second kappa shape index (κ2) is 5.45. The molecule has 0 aliphatic carbocycles. The maximum atomic E-state index is 5.27. The van der Waals surface area contributed by atoms with Crippen LogP contribution in [0.2, 0.25) is 0 Å². The van der Waals surface area contributed by atoms with Gasteiger partial charge in [-0.1, -0.05) is 24.8 Å². The largest absolute Gasteiger partial charge is 0.496 e. The summed E-state index contributed by atoms with van der Waals surface area (Å²) in [6.07, 6.45) is 2.82. The fourth-order valence-corrected chi connectivity index (χ4v) is 1.35. The van der Waals surface area contributed by atoms with E-state index in [0.29, 0.717) is 0 Å². The number of ether oxygens (including phenoxy) is 1. The number of nitrogens with one attached hydrogen (secondary N) is 1. The third-order valence-corrected chi connectivity index (χ3v) is 2.18. The molecule has 0 atom stereocenters. The summed E-state index contributed by atoms with van der Waals surface area (Å²) in [5.41, 5.74) is 2.32. The average Bonchev–Trinajstić information content (AvgIpc) is 2.25. The molecule has 1 aromatic rings. The van der Waals surface area contributed by atoms with Crippen LogP contribution in [-0.2, 0) is 6.42 Å². The van der Waals surface area contributed by atoms with E-state index in [-0.39, 0.29) is 0 Å². The number of rotatable bonds is 5. The van der Waals surface area contributed by atoms with Crippen molar-refractivity contribution in [3.63, 3.8) is 0 Å². The fraction of sp³-hybridized carbons (Fsp3) is 0.333. The Morgan fingerprint density at radius 2 is 2.29 bits per heavy atom. The van der Waals surface area contributed by atoms with E-state index in [4.69, 9.17) is 4.74 Å². The lowest BCUT2D eigenvalue weighted by Crippen LogP contribution is -2.10. The van der Waals surface area contributed by atoms with E-state index in [9.17, 15) is 0 Å². The molecule has 1 N–H and O–H groups in total.